The van der Waals surface area contributed by atoms with Crippen LogP contribution in [0.2, 0.25) is 10.0 Å². The summed E-state index contributed by atoms with van der Waals surface area (Å²) in [5.74, 6) is 1.84. The van der Waals surface area contributed by atoms with Crippen molar-refractivity contribution in [3.05, 3.63) is 105 Å². The van der Waals surface area contributed by atoms with Crippen molar-refractivity contribution in [2.45, 2.75) is 31.4 Å². The normalized spacial score (nSPS) is 16.1. The molecule has 2 aliphatic rings. The fraction of sp³-hybridized carbons (Fsp3) is 0.355. The van der Waals surface area contributed by atoms with Gasteiger partial charge in [-0.25, -0.2) is 4.99 Å². The van der Waals surface area contributed by atoms with E-state index >= 15 is 0 Å². The van der Waals surface area contributed by atoms with Crippen molar-refractivity contribution in [3.8, 4) is 0 Å². The van der Waals surface area contributed by atoms with Crippen LogP contribution in [0.1, 0.15) is 28.7 Å². The predicted octanol–water partition coefficient (Wildman–Crippen LogP) is 6.04. The highest BCUT2D eigenvalue weighted by Gasteiger charge is 2.16. The first kappa shape index (κ1) is 29.0. The third kappa shape index (κ3) is 8.72. The molecule has 2 heterocycles. The molecule has 0 spiro atoms. The van der Waals surface area contributed by atoms with Gasteiger partial charge in [0.15, 0.2) is 5.17 Å². The van der Waals surface area contributed by atoms with Crippen LogP contribution in [0, 0.1) is 0 Å². The van der Waals surface area contributed by atoms with E-state index in [1.165, 1.54) is 22.3 Å². The van der Waals surface area contributed by atoms with Crippen LogP contribution in [0.3, 0.4) is 0 Å². The molecule has 0 saturated carbocycles. The van der Waals surface area contributed by atoms with Gasteiger partial charge in [-0.1, -0.05) is 95.6 Å². The number of benzene rings is 3. The van der Waals surface area contributed by atoms with Crippen molar-refractivity contribution in [3.63, 3.8) is 0 Å². The van der Waals surface area contributed by atoms with E-state index in [4.69, 9.17) is 33.2 Å². The van der Waals surface area contributed by atoms with Gasteiger partial charge < -0.3 is 10.6 Å². The van der Waals surface area contributed by atoms with Gasteiger partial charge in [0.2, 0.25) is 0 Å². The van der Waals surface area contributed by atoms with E-state index in [1.54, 1.807) is 11.8 Å². The number of hydrogen-bond donors (Lipinski definition) is 2. The second kappa shape index (κ2) is 14.9. The number of halogens is 2. The molecule has 40 heavy (non-hydrogen) atoms. The van der Waals surface area contributed by atoms with Gasteiger partial charge in [-0.3, -0.25) is 14.8 Å². The molecule has 0 saturated heterocycles. The van der Waals surface area contributed by atoms with Gasteiger partial charge in [0.05, 0.1) is 42.6 Å². The molecule has 3 aromatic rings. The summed E-state index contributed by atoms with van der Waals surface area (Å²) in [6, 6.07) is 25.2. The summed E-state index contributed by atoms with van der Waals surface area (Å²) in [5.41, 5.74) is 5.11. The molecule has 6 nitrogen and oxygen atoms in total. The Morgan fingerprint density at radius 2 is 1.25 bits per heavy atom. The molecular weight excluding hydrogens is 559 g/mol. The third-order valence-corrected chi connectivity index (χ3v) is 8.92. The first-order chi connectivity index (χ1) is 19.6. The minimum atomic E-state index is 0.592. The Morgan fingerprint density at radius 1 is 0.675 bits per heavy atom. The van der Waals surface area contributed by atoms with Gasteiger partial charge in [-0.05, 0) is 53.6 Å². The molecule has 2 aliphatic heterocycles. The molecule has 2 N–H and O–H groups in total. The zero-order valence-electron chi connectivity index (χ0n) is 22.7. The number of hydrogen-bond acceptors (Lipinski definition) is 7. The van der Waals surface area contributed by atoms with E-state index < -0.39 is 0 Å². The van der Waals surface area contributed by atoms with Crippen molar-refractivity contribution in [1.29, 1.82) is 0 Å². The average Bonchev–Trinajstić information content (AvgIpc) is 3.00. The average molecular weight is 596 g/mol. The van der Waals surface area contributed by atoms with E-state index in [2.05, 4.69) is 81.1 Å². The second-order valence-electron chi connectivity index (χ2n) is 10.1. The molecule has 5 rings (SSSR count). The van der Waals surface area contributed by atoms with Crippen molar-refractivity contribution in [2.75, 3.05) is 39.8 Å². The zero-order chi connectivity index (χ0) is 27.6. The van der Waals surface area contributed by atoms with Gasteiger partial charge >= 0.3 is 0 Å². The summed E-state index contributed by atoms with van der Waals surface area (Å²) in [6.07, 6.45) is 3.76. The molecule has 0 amide bonds. The van der Waals surface area contributed by atoms with Crippen LogP contribution in [0.4, 0.5) is 0 Å². The monoisotopic (exact) mass is 594 g/mol. The van der Waals surface area contributed by atoms with Crippen LogP contribution >= 0.6 is 35.0 Å². The molecule has 0 bridgehead atoms. The van der Waals surface area contributed by atoms with Crippen molar-refractivity contribution in [2.24, 2.45) is 9.98 Å². The van der Waals surface area contributed by atoms with E-state index in [-0.39, 0.29) is 0 Å². The number of aryl methyl sites for hydroxylation is 1. The number of aliphatic imine (C=N–C) groups is 2. The maximum atomic E-state index is 6.42. The largest absolute Gasteiger partial charge is 0.361 e. The Bertz CT molecular complexity index is 1200. The number of rotatable bonds is 11. The smallest absolute Gasteiger partial charge is 0.159 e. The Hall–Kier alpha value is -2.55. The van der Waals surface area contributed by atoms with Gasteiger partial charge in [-0.2, -0.15) is 0 Å². The van der Waals surface area contributed by atoms with Crippen LogP contribution in [0.15, 0.2) is 82.8 Å². The lowest BCUT2D eigenvalue weighted by molar-refractivity contribution is 0.267. The Labute approximate surface area is 251 Å². The third-order valence-electron chi connectivity index (χ3n) is 7.19. The molecule has 0 unspecified atom stereocenters. The van der Waals surface area contributed by atoms with Crippen LogP contribution < -0.4 is 10.6 Å². The number of nitrogens with one attached hydrogen (secondary N) is 2. The van der Waals surface area contributed by atoms with Crippen LogP contribution in [0.25, 0.3) is 0 Å². The highest BCUT2D eigenvalue weighted by Crippen LogP contribution is 2.29. The topological polar surface area (TPSA) is 55.3 Å². The maximum absolute atomic E-state index is 6.42. The molecule has 0 atom stereocenters. The van der Waals surface area contributed by atoms with Gasteiger partial charge in [-0.15, -0.1) is 0 Å². The number of amidine groups is 2. The molecule has 210 valence electrons. The van der Waals surface area contributed by atoms with Crippen molar-refractivity contribution < 1.29 is 0 Å². The summed E-state index contributed by atoms with van der Waals surface area (Å²) in [6.45, 7) is 5.05. The molecule has 3 aromatic carbocycles. The quantitative estimate of drug-likeness (QED) is 0.283. The van der Waals surface area contributed by atoms with E-state index in [0.717, 1.165) is 75.5 Å². The van der Waals surface area contributed by atoms with Gasteiger partial charge in [0, 0.05) is 25.3 Å². The number of nitrogens with zero attached hydrogens (tertiary/aromatic N) is 4. The van der Waals surface area contributed by atoms with E-state index in [9.17, 15) is 0 Å². The predicted molar refractivity (Wildman–Crippen MR) is 170 cm³/mol. The van der Waals surface area contributed by atoms with Crippen LogP contribution in [-0.4, -0.2) is 60.6 Å². The van der Waals surface area contributed by atoms with Crippen LogP contribution in [-0.2, 0) is 25.0 Å². The van der Waals surface area contributed by atoms with Gasteiger partial charge in [0.1, 0.15) is 0 Å². The fourth-order valence-corrected chi connectivity index (χ4v) is 6.02. The van der Waals surface area contributed by atoms with Crippen LogP contribution in [0.5, 0.6) is 0 Å². The standard InChI is InChI=1S/C31H36Cl2N6S/c32-28-17-26(11-12-30-34-20-38(21-35-30)15-13-24-7-3-1-4-8-24)27(18-29(28)33)19-40-31-36-22-39(23-37-31)16-14-25-9-5-2-6-10-25/h1-10,17-18H,11-16,19-23H2,(H,34,35)(H,36,37). The van der Waals surface area contributed by atoms with Crippen molar-refractivity contribution >= 4 is 46.0 Å². The molecule has 0 radical (unpaired) electrons. The molecule has 9 heteroatoms. The Kier molecular flexibility index (Phi) is 10.8. The minimum absolute atomic E-state index is 0.592. The Morgan fingerprint density at radius 3 is 1.80 bits per heavy atom. The first-order valence-corrected chi connectivity index (χ1v) is 15.5. The highest BCUT2D eigenvalue weighted by molar-refractivity contribution is 8.13. The summed E-state index contributed by atoms with van der Waals surface area (Å²) in [7, 11) is 0. The summed E-state index contributed by atoms with van der Waals surface area (Å²) >= 11 is 14.6. The molecule has 0 aliphatic carbocycles. The second-order valence-corrected chi connectivity index (χ2v) is 11.9. The fourth-order valence-electron chi connectivity index (χ4n) is 4.77. The minimum Gasteiger partial charge on any atom is -0.361 e. The lowest BCUT2D eigenvalue weighted by Crippen LogP contribution is -2.43. The van der Waals surface area contributed by atoms with E-state index in [1.807, 2.05) is 12.1 Å². The lowest BCUT2D eigenvalue weighted by atomic mass is 10.0. The summed E-state index contributed by atoms with van der Waals surface area (Å²) in [5, 5.41) is 9.14. The Balaban J connectivity index is 1.09. The number of thioether (sulfide) groups is 1. The maximum Gasteiger partial charge on any atom is 0.159 e. The highest BCUT2D eigenvalue weighted by atomic mass is 35.5. The lowest BCUT2D eigenvalue weighted by Gasteiger charge is -2.27. The first-order valence-electron chi connectivity index (χ1n) is 13.8. The molecule has 0 aromatic heterocycles. The van der Waals surface area contributed by atoms with E-state index in [0.29, 0.717) is 16.7 Å². The van der Waals surface area contributed by atoms with Crippen molar-refractivity contribution in [1.82, 2.24) is 20.4 Å². The molecule has 0 fully saturated rings. The summed E-state index contributed by atoms with van der Waals surface area (Å²) in [4.78, 5) is 14.2. The molecular formula is C31H36Cl2N6S. The summed E-state index contributed by atoms with van der Waals surface area (Å²) < 4.78 is 0. The zero-order valence-corrected chi connectivity index (χ0v) is 25.0. The van der Waals surface area contributed by atoms with Gasteiger partial charge in [0.25, 0.3) is 0 Å². The SMILES string of the molecule is Clc1cc(CCC2=NCN(CCc3ccccc3)CN2)c(CSC2=NCN(CCc3ccccc3)CN2)cc1Cl.